The molecule has 1 aromatic carbocycles. The third kappa shape index (κ3) is 3.21. The van der Waals surface area contributed by atoms with Gasteiger partial charge in [0.2, 0.25) is 0 Å². The van der Waals surface area contributed by atoms with Crippen LogP contribution in [0.2, 0.25) is 0 Å². The van der Waals surface area contributed by atoms with Crippen LogP contribution in [0.5, 0.6) is 0 Å². The lowest BCUT2D eigenvalue weighted by Crippen LogP contribution is -2.55. The van der Waals surface area contributed by atoms with Gasteiger partial charge in [-0.15, -0.1) is 0 Å². The highest BCUT2D eigenvalue weighted by Crippen LogP contribution is 2.31. The van der Waals surface area contributed by atoms with Crippen LogP contribution in [-0.2, 0) is 16.1 Å². The molecule has 0 spiro atoms. The van der Waals surface area contributed by atoms with Crippen molar-refractivity contribution in [2.24, 2.45) is 0 Å². The van der Waals surface area contributed by atoms with Crippen LogP contribution in [0, 0.1) is 0 Å². The molecule has 0 saturated carbocycles. The molecule has 0 aliphatic heterocycles. The molecule has 18 heavy (non-hydrogen) atoms. The van der Waals surface area contributed by atoms with Crippen LogP contribution in [0.1, 0.15) is 5.56 Å². The number of halogens is 3. The Morgan fingerprint density at radius 1 is 1.22 bits per heavy atom. The normalized spacial score (nSPS) is 15.1. The molecule has 0 heterocycles. The molecule has 7 heteroatoms. The average Bonchev–Trinajstić information content (AvgIpc) is 2.28. The summed E-state index contributed by atoms with van der Waals surface area (Å²) in [7, 11) is 0. The number of alkyl halides is 3. The molecule has 0 bridgehead atoms. The fourth-order valence-corrected chi connectivity index (χ4v) is 1.16. The zero-order chi connectivity index (χ0) is 13.8. The second-order valence-electron chi connectivity index (χ2n) is 3.64. The first-order valence-corrected chi connectivity index (χ1v) is 4.91. The second-order valence-corrected chi connectivity index (χ2v) is 3.64. The highest BCUT2D eigenvalue weighted by atomic mass is 19.4. The molecular weight excluding hydrogens is 253 g/mol. The third-order valence-electron chi connectivity index (χ3n) is 2.25. The number of aliphatic carboxylic acids is 1. The van der Waals surface area contributed by atoms with Crippen LogP contribution in [0.15, 0.2) is 30.3 Å². The minimum absolute atomic E-state index is 0.216. The van der Waals surface area contributed by atoms with E-state index in [9.17, 15) is 18.0 Å². The van der Waals surface area contributed by atoms with E-state index in [2.05, 4.69) is 4.74 Å². The summed E-state index contributed by atoms with van der Waals surface area (Å²) in [5, 5.41) is 17.5. The minimum atomic E-state index is -5.30. The highest BCUT2D eigenvalue weighted by Gasteiger charge is 2.60. The third-order valence-corrected chi connectivity index (χ3v) is 2.25. The summed E-state index contributed by atoms with van der Waals surface area (Å²) in [6, 6.07) is 8.24. The standard InChI is InChI=1S/C11H11F3O4/c12-11(13,14)10(17,9(15)16)7-18-6-8-4-2-1-3-5-8/h1-5,17H,6-7H2,(H,15,16)/t10-/m1/s1. The van der Waals surface area contributed by atoms with E-state index >= 15 is 0 Å². The van der Waals surface area contributed by atoms with Gasteiger partial charge in [0, 0.05) is 0 Å². The van der Waals surface area contributed by atoms with Crippen molar-refractivity contribution in [2.75, 3.05) is 6.61 Å². The first-order valence-electron chi connectivity index (χ1n) is 4.91. The number of carbonyl (C=O) groups is 1. The van der Waals surface area contributed by atoms with E-state index in [-0.39, 0.29) is 6.61 Å². The van der Waals surface area contributed by atoms with Crippen LogP contribution in [0.3, 0.4) is 0 Å². The molecule has 2 N–H and O–H groups in total. The summed E-state index contributed by atoms with van der Waals surface area (Å²) in [5.41, 5.74) is -3.31. The molecule has 1 atom stereocenters. The lowest BCUT2D eigenvalue weighted by atomic mass is 10.1. The largest absolute Gasteiger partial charge is 0.479 e. The van der Waals surface area contributed by atoms with Gasteiger partial charge in [0.25, 0.3) is 5.60 Å². The quantitative estimate of drug-likeness (QED) is 0.847. The predicted octanol–water partition coefficient (Wildman–Crippen LogP) is 1.58. The van der Waals surface area contributed by atoms with Crippen molar-refractivity contribution in [2.45, 2.75) is 18.4 Å². The molecule has 1 rings (SSSR count). The summed E-state index contributed by atoms with van der Waals surface area (Å²) in [4.78, 5) is 10.5. The SMILES string of the molecule is O=C(O)[C@](O)(COCc1ccccc1)C(F)(F)F. The van der Waals surface area contributed by atoms with Crippen LogP contribution in [-0.4, -0.2) is 34.6 Å². The van der Waals surface area contributed by atoms with Gasteiger partial charge in [-0.3, -0.25) is 0 Å². The van der Waals surface area contributed by atoms with Crippen molar-refractivity contribution in [3.63, 3.8) is 0 Å². The van der Waals surface area contributed by atoms with E-state index in [0.29, 0.717) is 5.56 Å². The number of carboxylic acid groups (broad SMARTS) is 1. The lowest BCUT2D eigenvalue weighted by Gasteiger charge is -2.25. The van der Waals surface area contributed by atoms with E-state index in [1.54, 1.807) is 30.3 Å². The van der Waals surface area contributed by atoms with Crippen molar-refractivity contribution in [3.05, 3.63) is 35.9 Å². The molecule has 0 aromatic heterocycles. The number of ether oxygens (including phenoxy) is 1. The summed E-state index contributed by atoms with van der Waals surface area (Å²) >= 11 is 0. The Morgan fingerprint density at radius 3 is 2.22 bits per heavy atom. The highest BCUT2D eigenvalue weighted by molar-refractivity contribution is 5.78. The van der Waals surface area contributed by atoms with Crippen LogP contribution in [0.25, 0.3) is 0 Å². The average molecular weight is 264 g/mol. The number of hydrogen-bond donors (Lipinski definition) is 2. The Labute approximate surface area is 101 Å². The van der Waals surface area contributed by atoms with E-state index in [0.717, 1.165) is 0 Å². The zero-order valence-corrected chi connectivity index (χ0v) is 9.15. The summed E-state index contributed by atoms with van der Waals surface area (Å²) in [6.45, 7) is -1.58. The molecule has 0 unspecified atom stereocenters. The summed E-state index contributed by atoms with van der Waals surface area (Å²) in [5.74, 6) is -2.39. The van der Waals surface area contributed by atoms with E-state index in [4.69, 9.17) is 10.2 Å². The monoisotopic (exact) mass is 264 g/mol. The summed E-state index contributed by atoms with van der Waals surface area (Å²) in [6.07, 6.45) is -5.30. The first kappa shape index (κ1) is 14.5. The lowest BCUT2D eigenvalue weighted by molar-refractivity contribution is -0.273. The van der Waals surface area contributed by atoms with Crippen molar-refractivity contribution in [1.82, 2.24) is 0 Å². The van der Waals surface area contributed by atoms with E-state index in [1.165, 1.54) is 0 Å². The van der Waals surface area contributed by atoms with Crippen molar-refractivity contribution >= 4 is 5.97 Å². The van der Waals surface area contributed by atoms with Crippen LogP contribution >= 0.6 is 0 Å². The molecule has 1 aromatic rings. The van der Waals surface area contributed by atoms with E-state index < -0.39 is 24.4 Å². The number of carboxylic acids is 1. The van der Waals surface area contributed by atoms with Gasteiger partial charge in [-0.25, -0.2) is 4.79 Å². The van der Waals surface area contributed by atoms with Gasteiger partial charge in [-0.1, -0.05) is 30.3 Å². The predicted molar refractivity (Wildman–Crippen MR) is 54.7 cm³/mol. The van der Waals surface area contributed by atoms with Gasteiger partial charge in [0.15, 0.2) is 0 Å². The minimum Gasteiger partial charge on any atom is -0.479 e. The second kappa shape index (κ2) is 5.36. The maximum Gasteiger partial charge on any atom is 0.430 e. The van der Waals surface area contributed by atoms with Gasteiger partial charge < -0.3 is 14.9 Å². The molecule has 0 aliphatic rings. The fraction of sp³-hybridized carbons (Fsp3) is 0.364. The topological polar surface area (TPSA) is 66.8 Å². The summed E-state index contributed by atoms with van der Waals surface area (Å²) < 4.78 is 41.7. The van der Waals surface area contributed by atoms with Gasteiger partial charge in [0.05, 0.1) is 13.2 Å². The van der Waals surface area contributed by atoms with Crippen LogP contribution < -0.4 is 0 Å². The number of hydrogen-bond acceptors (Lipinski definition) is 3. The Morgan fingerprint density at radius 2 is 1.78 bits per heavy atom. The smallest absolute Gasteiger partial charge is 0.430 e. The van der Waals surface area contributed by atoms with Crippen molar-refractivity contribution in [1.29, 1.82) is 0 Å². The molecule has 0 radical (unpaired) electrons. The maximum absolute atomic E-state index is 12.4. The Bertz CT molecular complexity index is 404. The van der Waals surface area contributed by atoms with Gasteiger partial charge in [-0.2, -0.15) is 13.2 Å². The first-order chi connectivity index (χ1) is 8.27. The Balaban J connectivity index is 2.62. The Kier molecular flexibility index (Phi) is 4.31. The maximum atomic E-state index is 12.4. The molecule has 100 valence electrons. The molecule has 4 nitrogen and oxygen atoms in total. The molecular formula is C11H11F3O4. The molecule has 0 saturated heterocycles. The van der Waals surface area contributed by atoms with Gasteiger partial charge in [-0.05, 0) is 5.56 Å². The van der Waals surface area contributed by atoms with Crippen molar-refractivity contribution in [3.8, 4) is 0 Å². The fourth-order valence-electron chi connectivity index (χ4n) is 1.16. The van der Waals surface area contributed by atoms with Crippen molar-refractivity contribution < 1.29 is 32.9 Å². The molecule has 0 fully saturated rings. The zero-order valence-electron chi connectivity index (χ0n) is 9.15. The van der Waals surface area contributed by atoms with E-state index in [1.807, 2.05) is 0 Å². The van der Waals surface area contributed by atoms with Gasteiger partial charge in [0.1, 0.15) is 0 Å². The number of rotatable bonds is 5. The molecule has 0 amide bonds. The number of benzene rings is 1. The number of aliphatic hydroxyl groups is 1. The Hall–Kier alpha value is -1.60. The van der Waals surface area contributed by atoms with Gasteiger partial charge >= 0.3 is 12.1 Å². The molecule has 0 aliphatic carbocycles. The van der Waals surface area contributed by atoms with Crippen LogP contribution in [0.4, 0.5) is 13.2 Å².